The maximum atomic E-state index is 12.9. The fraction of sp³-hybridized carbons (Fsp3) is 0.348. The van der Waals surface area contributed by atoms with Gasteiger partial charge in [-0.05, 0) is 77.4 Å². The van der Waals surface area contributed by atoms with Crippen LogP contribution in [0.3, 0.4) is 0 Å². The molecular formula is C23H25ClN2O6. The Balaban J connectivity index is 2.14. The van der Waals surface area contributed by atoms with Crippen LogP contribution in [0.4, 0.5) is 15.4 Å². The second-order valence-corrected chi connectivity index (χ2v) is 9.61. The topological polar surface area (TPSA) is 102 Å². The van der Waals surface area contributed by atoms with E-state index in [1.165, 1.54) is 6.07 Å². The van der Waals surface area contributed by atoms with Crippen LogP contribution in [0.2, 0.25) is 5.02 Å². The number of aromatic nitrogens is 1. The summed E-state index contributed by atoms with van der Waals surface area (Å²) in [6.45, 7) is 10.1. The van der Waals surface area contributed by atoms with Gasteiger partial charge in [-0.25, -0.2) is 9.59 Å². The zero-order chi connectivity index (χ0) is 23.8. The highest BCUT2D eigenvalue weighted by molar-refractivity contribution is 6.31. The zero-order valence-electron chi connectivity index (χ0n) is 18.7. The van der Waals surface area contributed by atoms with Gasteiger partial charge in [-0.1, -0.05) is 22.8 Å². The Morgan fingerprint density at radius 2 is 1.56 bits per heavy atom. The van der Waals surface area contributed by atoms with Crippen LogP contribution in [-0.2, 0) is 9.47 Å². The Morgan fingerprint density at radius 3 is 2.12 bits per heavy atom. The number of rotatable bonds is 2. The first-order valence-corrected chi connectivity index (χ1v) is 10.3. The van der Waals surface area contributed by atoms with E-state index in [4.69, 9.17) is 25.6 Å². The van der Waals surface area contributed by atoms with Crippen molar-refractivity contribution in [3.63, 3.8) is 0 Å². The third kappa shape index (κ3) is 5.31. The van der Waals surface area contributed by atoms with E-state index in [2.05, 4.69) is 5.16 Å². The van der Waals surface area contributed by atoms with E-state index in [1.54, 1.807) is 71.9 Å². The van der Waals surface area contributed by atoms with Gasteiger partial charge in [-0.3, -0.25) is 0 Å². The van der Waals surface area contributed by atoms with E-state index < -0.39 is 23.4 Å². The predicted octanol–water partition coefficient (Wildman–Crippen LogP) is 6.53. The minimum atomic E-state index is -0.960. The molecule has 0 bridgehead atoms. The molecule has 32 heavy (non-hydrogen) atoms. The van der Waals surface area contributed by atoms with Gasteiger partial charge >= 0.3 is 12.2 Å². The van der Waals surface area contributed by atoms with E-state index in [9.17, 15) is 14.7 Å². The molecule has 0 fully saturated rings. The van der Waals surface area contributed by atoms with Crippen LogP contribution in [0.5, 0.6) is 5.75 Å². The molecule has 170 valence electrons. The molecule has 1 N–H and O–H groups in total. The average Bonchev–Trinajstić information content (AvgIpc) is 3.04. The van der Waals surface area contributed by atoms with E-state index in [1.807, 2.05) is 0 Å². The van der Waals surface area contributed by atoms with Gasteiger partial charge in [0.25, 0.3) is 0 Å². The van der Waals surface area contributed by atoms with Crippen LogP contribution in [0.15, 0.2) is 40.9 Å². The quantitative estimate of drug-likeness (QED) is 0.463. The first kappa shape index (κ1) is 23.4. The van der Waals surface area contributed by atoms with E-state index in [-0.39, 0.29) is 11.6 Å². The standard InChI is InChI=1S/C23H25ClN2O6/c1-22(2,3)30-20(28)26(21(29)31-23(4,5)6)19-16-11-13(7-10-18(16)32-25-19)15-12-14(24)8-9-17(15)27/h7-12,27H,1-6H3. The normalized spacial score (nSPS) is 12.0. The van der Waals surface area contributed by atoms with Gasteiger partial charge < -0.3 is 19.1 Å². The molecule has 0 atom stereocenters. The first-order chi connectivity index (χ1) is 14.7. The van der Waals surface area contributed by atoms with Crippen molar-refractivity contribution in [2.24, 2.45) is 0 Å². The maximum Gasteiger partial charge on any atom is 0.425 e. The van der Waals surface area contributed by atoms with Gasteiger partial charge in [-0.2, -0.15) is 4.90 Å². The van der Waals surface area contributed by atoms with Crippen LogP contribution in [0, 0.1) is 0 Å². The van der Waals surface area contributed by atoms with Crippen LogP contribution < -0.4 is 4.90 Å². The molecule has 1 aromatic heterocycles. The van der Waals surface area contributed by atoms with Crippen LogP contribution in [0.25, 0.3) is 22.1 Å². The van der Waals surface area contributed by atoms with Crippen molar-refractivity contribution in [3.05, 3.63) is 41.4 Å². The number of halogens is 1. The Bertz CT molecular complexity index is 1150. The van der Waals surface area contributed by atoms with Crippen molar-refractivity contribution in [1.82, 2.24) is 5.16 Å². The predicted molar refractivity (Wildman–Crippen MR) is 121 cm³/mol. The average molecular weight is 461 g/mol. The molecular weight excluding hydrogens is 436 g/mol. The number of ether oxygens (including phenoxy) is 2. The third-order valence-electron chi connectivity index (χ3n) is 4.08. The molecule has 9 heteroatoms. The molecule has 0 aliphatic carbocycles. The molecule has 2 amide bonds. The van der Waals surface area contributed by atoms with E-state index in [0.717, 1.165) is 0 Å². The lowest BCUT2D eigenvalue weighted by Gasteiger charge is -2.27. The summed E-state index contributed by atoms with van der Waals surface area (Å²) in [5, 5.41) is 15.0. The summed E-state index contributed by atoms with van der Waals surface area (Å²) in [7, 11) is 0. The molecule has 0 aliphatic rings. The Kier molecular flexibility index (Phi) is 6.11. The fourth-order valence-electron chi connectivity index (χ4n) is 2.86. The number of carbonyl (C=O) groups excluding carboxylic acids is 2. The summed E-state index contributed by atoms with van der Waals surface area (Å²) in [4.78, 5) is 26.6. The SMILES string of the molecule is CC(C)(C)OC(=O)N(C(=O)OC(C)(C)C)c1noc2ccc(-c3cc(Cl)ccc3O)cc12. The first-order valence-electron chi connectivity index (χ1n) is 9.89. The van der Waals surface area contributed by atoms with Gasteiger partial charge in [0, 0.05) is 10.6 Å². The zero-order valence-corrected chi connectivity index (χ0v) is 19.5. The Morgan fingerprint density at radius 1 is 0.969 bits per heavy atom. The number of imide groups is 1. The largest absolute Gasteiger partial charge is 0.507 e. The minimum Gasteiger partial charge on any atom is -0.507 e. The van der Waals surface area contributed by atoms with E-state index >= 15 is 0 Å². The monoisotopic (exact) mass is 460 g/mol. The van der Waals surface area contributed by atoms with Crippen molar-refractivity contribution in [1.29, 1.82) is 0 Å². The summed E-state index contributed by atoms with van der Waals surface area (Å²) in [5.74, 6) is -0.0743. The van der Waals surface area contributed by atoms with Gasteiger partial charge in [0.1, 0.15) is 17.0 Å². The van der Waals surface area contributed by atoms with Crippen molar-refractivity contribution in [2.75, 3.05) is 4.90 Å². The second kappa shape index (κ2) is 8.35. The van der Waals surface area contributed by atoms with Crippen LogP contribution in [0.1, 0.15) is 41.5 Å². The van der Waals surface area contributed by atoms with Crippen molar-refractivity contribution in [3.8, 4) is 16.9 Å². The fourth-order valence-corrected chi connectivity index (χ4v) is 3.03. The van der Waals surface area contributed by atoms with Gasteiger partial charge in [0.2, 0.25) is 0 Å². The number of carbonyl (C=O) groups is 2. The molecule has 2 aromatic carbocycles. The number of nitrogens with zero attached hydrogens (tertiary/aromatic N) is 2. The number of phenolic OH excluding ortho intramolecular Hbond substituents is 1. The highest BCUT2D eigenvalue weighted by Crippen LogP contribution is 2.36. The van der Waals surface area contributed by atoms with Crippen LogP contribution >= 0.6 is 11.6 Å². The van der Waals surface area contributed by atoms with Crippen molar-refractivity contribution in [2.45, 2.75) is 52.7 Å². The lowest BCUT2D eigenvalue weighted by molar-refractivity contribution is 0.0428. The highest BCUT2D eigenvalue weighted by Gasteiger charge is 2.36. The van der Waals surface area contributed by atoms with Crippen molar-refractivity contribution < 1.29 is 28.7 Å². The Labute approximate surface area is 190 Å². The maximum absolute atomic E-state index is 12.9. The molecule has 0 spiro atoms. The number of benzene rings is 2. The number of hydrogen-bond donors (Lipinski definition) is 1. The minimum absolute atomic E-state index is 0.0166. The molecule has 0 saturated carbocycles. The number of phenols is 1. The molecule has 8 nitrogen and oxygen atoms in total. The number of fused-ring (bicyclic) bond motifs is 1. The lowest BCUT2D eigenvalue weighted by atomic mass is 10.0. The highest BCUT2D eigenvalue weighted by atomic mass is 35.5. The van der Waals surface area contributed by atoms with Gasteiger partial charge in [-0.15, -0.1) is 0 Å². The summed E-state index contributed by atoms with van der Waals surface area (Å²) in [5.41, 5.74) is -0.367. The molecule has 0 aliphatic heterocycles. The molecule has 1 heterocycles. The molecule has 3 aromatic rings. The molecule has 0 saturated heterocycles. The smallest absolute Gasteiger partial charge is 0.425 e. The Hall–Kier alpha value is -3.26. The molecule has 3 rings (SSSR count). The lowest BCUT2D eigenvalue weighted by Crippen LogP contribution is -2.44. The van der Waals surface area contributed by atoms with Gasteiger partial charge in [0.15, 0.2) is 11.4 Å². The van der Waals surface area contributed by atoms with Crippen molar-refractivity contribution >= 4 is 40.6 Å². The molecule has 0 radical (unpaired) electrons. The number of hydrogen-bond acceptors (Lipinski definition) is 7. The summed E-state index contributed by atoms with van der Waals surface area (Å²) in [6, 6.07) is 9.59. The summed E-state index contributed by atoms with van der Waals surface area (Å²) < 4.78 is 16.1. The van der Waals surface area contributed by atoms with Crippen LogP contribution in [-0.4, -0.2) is 33.7 Å². The molecule has 0 unspecified atom stereocenters. The second-order valence-electron chi connectivity index (χ2n) is 9.17. The summed E-state index contributed by atoms with van der Waals surface area (Å²) >= 11 is 6.08. The van der Waals surface area contributed by atoms with E-state index in [0.29, 0.717) is 32.0 Å². The number of anilines is 1. The number of amides is 2. The summed E-state index contributed by atoms with van der Waals surface area (Å²) in [6.07, 6.45) is -1.92. The number of aromatic hydroxyl groups is 1. The van der Waals surface area contributed by atoms with Gasteiger partial charge in [0.05, 0.1) is 5.39 Å². The third-order valence-corrected chi connectivity index (χ3v) is 4.32.